The molecule has 1 aromatic carbocycles. The van der Waals surface area contributed by atoms with Gasteiger partial charge in [0.2, 0.25) is 5.91 Å². The third-order valence-corrected chi connectivity index (χ3v) is 4.57. The van der Waals surface area contributed by atoms with Crippen LogP contribution in [0.25, 0.3) is 0 Å². The van der Waals surface area contributed by atoms with Crippen LogP contribution in [0, 0.1) is 0 Å². The van der Waals surface area contributed by atoms with E-state index in [4.69, 9.17) is 17.0 Å². The maximum Gasteiger partial charge on any atom is 0.227 e. The van der Waals surface area contributed by atoms with Crippen LogP contribution >= 0.6 is 12.2 Å². The first-order chi connectivity index (χ1) is 11.7. The zero-order chi connectivity index (χ0) is 16.8. The number of benzene rings is 1. The van der Waals surface area contributed by atoms with Gasteiger partial charge in [-0.25, -0.2) is 0 Å². The molecule has 2 aliphatic heterocycles. The van der Waals surface area contributed by atoms with Crippen molar-refractivity contribution in [1.82, 2.24) is 10.2 Å². The molecule has 0 aliphatic carbocycles. The van der Waals surface area contributed by atoms with Crippen LogP contribution in [-0.2, 0) is 9.53 Å². The number of hydrogen-bond donors (Lipinski definition) is 2. The Labute approximate surface area is 148 Å². The highest BCUT2D eigenvalue weighted by molar-refractivity contribution is 7.80. The molecule has 1 aromatic rings. The number of hydrogen-bond acceptors (Lipinski definition) is 4. The van der Waals surface area contributed by atoms with Gasteiger partial charge in [0.25, 0.3) is 0 Å². The summed E-state index contributed by atoms with van der Waals surface area (Å²) in [5, 5.41) is 7.03. The van der Waals surface area contributed by atoms with Crippen LogP contribution in [0.15, 0.2) is 24.3 Å². The van der Waals surface area contributed by atoms with E-state index < -0.39 is 0 Å². The maximum atomic E-state index is 11.8. The predicted molar refractivity (Wildman–Crippen MR) is 99.5 cm³/mol. The first-order valence-corrected chi connectivity index (χ1v) is 8.88. The van der Waals surface area contributed by atoms with Crippen LogP contribution in [0.1, 0.15) is 12.8 Å². The van der Waals surface area contributed by atoms with E-state index in [0.29, 0.717) is 11.5 Å². The minimum Gasteiger partial charge on any atom is -0.379 e. The van der Waals surface area contributed by atoms with Crippen LogP contribution in [-0.4, -0.2) is 61.9 Å². The first-order valence-electron chi connectivity index (χ1n) is 8.48. The van der Waals surface area contributed by atoms with Gasteiger partial charge < -0.3 is 20.3 Å². The largest absolute Gasteiger partial charge is 0.379 e. The van der Waals surface area contributed by atoms with Gasteiger partial charge in [-0.2, -0.15) is 0 Å². The normalized spacial score (nSPS) is 18.7. The molecule has 0 atom stereocenters. The fourth-order valence-electron chi connectivity index (χ4n) is 2.97. The second-order valence-electron chi connectivity index (χ2n) is 6.03. The molecule has 2 aliphatic rings. The van der Waals surface area contributed by atoms with Crippen LogP contribution in [0.5, 0.6) is 0 Å². The van der Waals surface area contributed by atoms with Gasteiger partial charge in [0, 0.05) is 50.5 Å². The molecule has 0 unspecified atom stereocenters. The van der Waals surface area contributed by atoms with Crippen molar-refractivity contribution in [2.45, 2.75) is 12.8 Å². The van der Waals surface area contributed by atoms with Crippen LogP contribution in [0.2, 0.25) is 0 Å². The van der Waals surface area contributed by atoms with Gasteiger partial charge in [-0.3, -0.25) is 9.69 Å². The molecule has 2 saturated heterocycles. The van der Waals surface area contributed by atoms with Crippen LogP contribution in [0.3, 0.4) is 0 Å². The fraction of sp³-hybridized carbons (Fsp3) is 0.529. The van der Waals surface area contributed by atoms with E-state index in [1.807, 2.05) is 29.2 Å². The number of amides is 1. The second-order valence-corrected chi connectivity index (χ2v) is 6.44. The summed E-state index contributed by atoms with van der Waals surface area (Å²) in [5.74, 6) is 0.205. The van der Waals surface area contributed by atoms with E-state index in [9.17, 15) is 4.79 Å². The van der Waals surface area contributed by atoms with Crippen molar-refractivity contribution in [2.75, 3.05) is 56.2 Å². The number of carbonyl (C=O) groups is 1. The minimum atomic E-state index is 0.205. The molecule has 0 bridgehead atoms. The number of nitrogens with one attached hydrogen (secondary N) is 2. The maximum absolute atomic E-state index is 11.8. The molecule has 0 radical (unpaired) electrons. The van der Waals surface area contributed by atoms with Gasteiger partial charge in [-0.15, -0.1) is 0 Å². The number of morpholine rings is 1. The average Bonchev–Trinajstić information content (AvgIpc) is 3.03. The Bertz CT molecular complexity index is 572. The van der Waals surface area contributed by atoms with Gasteiger partial charge in [-0.1, -0.05) is 0 Å². The standard InChI is InChI=1S/C17H24N4O2S/c22-16-2-1-8-21(16)15-5-3-14(4-6-15)19-17(24)18-7-9-20-10-12-23-13-11-20/h3-6H,1-2,7-13H2,(H2,18,19,24). The molecule has 2 heterocycles. The average molecular weight is 348 g/mol. The molecule has 1 amide bonds. The highest BCUT2D eigenvalue weighted by atomic mass is 32.1. The Hall–Kier alpha value is -1.70. The third kappa shape index (κ3) is 4.66. The molecule has 2 N–H and O–H groups in total. The fourth-order valence-corrected chi connectivity index (χ4v) is 3.19. The number of nitrogens with zero attached hydrogens (tertiary/aromatic N) is 2. The quantitative estimate of drug-likeness (QED) is 0.785. The summed E-state index contributed by atoms with van der Waals surface area (Å²) >= 11 is 5.33. The summed E-state index contributed by atoms with van der Waals surface area (Å²) in [6.45, 7) is 6.18. The highest BCUT2D eigenvalue weighted by Crippen LogP contribution is 2.22. The Morgan fingerprint density at radius 1 is 1.17 bits per heavy atom. The number of thiocarbonyl (C=S) groups is 1. The van der Waals surface area contributed by atoms with Crippen molar-refractivity contribution < 1.29 is 9.53 Å². The molecule has 0 saturated carbocycles. The lowest BCUT2D eigenvalue weighted by Crippen LogP contribution is -2.42. The van der Waals surface area contributed by atoms with Crippen molar-refractivity contribution in [3.63, 3.8) is 0 Å². The Morgan fingerprint density at radius 3 is 2.58 bits per heavy atom. The Kier molecular flexibility index (Phi) is 6.01. The minimum absolute atomic E-state index is 0.205. The molecule has 7 heteroatoms. The van der Waals surface area contributed by atoms with Crippen molar-refractivity contribution >= 4 is 34.6 Å². The zero-order valence-corrected chi connectivity index (χ0v) is 14.6. The molecule has 6 nitrogen and oxygen atoms in total. The summed E-state index contributed by atoms with van der Waals surface area (Å²) in [6.07, 6.45) is 1.59. The molecular weight excluding hydrogens is 324 g/mol. The van der Waals surface area contributed by atoms with Crippen molar-refractivity contribution in [3.05, 3.63) is 24.3 Å². The Morgan fingerprint density at radius 2 is 1.92 bits per heavy atom. The van der Waals surface area contributed by atoms with E-state index in [1.165, 1.54) is 0 Å². The van der Waals surface area contributed by atoms with Crippen molar-refractivity contribution in [1.29, 1.82) is 0 Å². The van der Waals surface area contributed by atoms with Crippen molar-refractivity contribution in [2.24, 2.45) is 0 Å². The van der Waals surface area contributed by atoms with Gasteiger partial charge in [-0.05, 0) is 42.9 Å². The second kappa shape index (κ2) is 8.41. The van der Waals surface area contributed by atoms with E-state index in [-0.39, 0.29) is 5.91 Å². The Balaban J connectivity index is 1.41. The smallest absolute Gasteiger partial charge is 0.227 e. The molecule has 0 spiro atoms. The lowest BCUT2D eigenvalue weighted by Gasteiger charge is -2.26. The van der Waals surface area contributed by atoms with E-state index in [2.05, 4.69) is 15.5 Å². The summed E-state index contributed by atoms with van der Waals surface area (Å²) < 4.78 is 5.33. The summed E-state index contributed by atoms with van der Waals surface area (Å²) in [5.41, 5.74) is 1.88. The SMILES string of the molecule is O=C1CCCN1c1ccc(NC(=S)NCCN2CCOCC2)cc1. The number of rotatable bonds is 5. The molecular formula is C17H24N4O2S. The van der Waals surface area contributed by atoms with E-state index in [1.54, 1.807) is 0 Å². The molecule has 3 rings (SSSR count). The predicted octanol–water partition coefficient (Wildman–Crippen LogP) is 1.43. The monoisotopic (exact) mass is 348 g/mol. The topological polar surface area (TPSA) is 56.8 Å². The lowest BCUT2D eigenvalue weighted by molar-refractivity contribution is -0.117. The number of anilines is 2. The van der Waals surface area contributed by atoms with E-state index in [0.717, 1.165) is 63.7 Å². The molecule has 2 fully saturated rings. The summed E-state index contributed by atoms with van der Waals surface area (Å²) in [6, 6.07) is 7.83. The van der Waals surface area contributed by atoms with Crippen molar-refractivity contribution in [3.8, 4) is 0 Å². The third-order valence-electron chi connectivity index (χ3n) is 4.33. The van der Waals surface area contributed by atoms with E-state index >= 15 is 0 Å². The zero-order valence-electron chi connectivity index (χ0n) is 13.8. The lowest BCUT2D eigenvalue weighted by atomic mass is 10.2. The van der Waals surface area contributed by atoms with Crippen LogP contribution in [0.4, 0.5) is 11.4 Å². The molecule has 130 valence electrons. The molecule has 24 heavy (non-hydrogen) atoms. The highest BCUT2D eigenvalue weighted by Gasteiger charge is 2.21. The van der Waals surface area contributed by atoms with Gasteiger partial charge in [0.15, 0.2) is 5.11 Å². The number of ether oxygens (including phenoxy) is 1. The van der Waals surface area contributed by atoms with Crippen LogP contribution < -0.4 is 15.5 Å². The summed E-state index contributed by atoms with van der Waals surface area (Å²) in [4.78, 5) is 16.0. The molecule has 0 aromatic heterocycles. The number of carbonyl (C=O) groups excluding carboxylic acids is 1. The van der Waals surface area contributed by atoms with Gasteiger partial charge >= 0.3 is 0 Å². The van der Waals surface area contributed by atoms with Gasteiger partial charge in [0.05, 0.1) is 13.2 Å². The first kappa shape index (κ1) is 17.1. The summed E-state index contributed by atoms with van der Waals surface area (Å²) in [7, 11) is 0. The van der Waals surface area contributed by atoms with Gasteiger partial charge in [0.1, 0.15) is 0 Å².